The SMILES string of the molecule is CN1CCC[C@H]1C(=O)N1Cc2c(O)c(C(=O)NCC(=O)O)c(=O)n(Cc3ccc(C(F)(F)F)cc3)c2C1. The number of benzene rings is 1. The first kappa shape index (κ1) is 26.2. The number of carboxylic acids is 1. The highest BCUT2D eigenvalue weighted by Gasteiger charge is 2.38. The second-order valence-corrected chi connectivity index (χ2v) is 9.14. The maximum atomic E-state index is 13.4. The molecule has 2 amide bonds. The van der Waals surface area contributed by atoms with E-state index in [1.54, 1.807) is 0 Å². The van der Waals surface area contributed by atoms with Gasteiger partial charge < -0.3 is 25.0 Å². The molecule has 0 spiro atoms. The Kier molecular flexibility index (Phi) is 7.00. The number of likely N-dealkylation sites (tertiary alicyclic amines) is 1. The standard InChI is InChI=1S/C24H25F3N4O6/c1-29-8-2-3-16(29)22(36)30-11-15-17(12-30)31(10-13-4-6-14(7-5-13)24(25,26)27)23(37)19(20(15)34)21(35)28-9-18(32)33/h4-7,16,34H,2-3,8-12H2,1H3,(H,28,35)(H,32,33)/t16-/m0/s1. The lowest BCUT2D eigenvalue weighted by molar-refractivity contribution is -0.138. The Bertz CT molecular complexity index is 1310. The van der Waals surface area contributed by atoms with E-state index in [9.17, 15) is 37.5 Å². The Morgan fingerprint density at radius 3 is 2.38 bits per heavy atom. The Morgan fingerprint density at radius 2 is 1.81 bits per heavy atom. The highest BCUT2D eigenvalue weighted by atomic mass is 19.4. The van der Waals surface area contributed by atoms with Gasteiger partial charge in [0.2, 0.25) is 5.91 Å². The quantitative estimate of drug-likeness (QED) is 0.522. The molecular formula is C24H25F3N4O6. The van der Waals surface area contributed by atoms with Crippen LogP contribution < -0.4 is 10.9 Å². The third-order valence-corrected chi connectivity index (χ3v) is 6.71. The van der Waals surface area contributed by atoms with Crippen LogP contribution in [0.3, 0.4) is 0 Å². The van der Waals surface area contributed by atoms with Crippen LogP contribution in [0.5, 0.6) is 5.75 Å². The zero-order valence-electron chi connectivity index (χ0n) is 19.8. The Hall–Kier alpha value is -3.87. The van der Waals surface area contributed by atoms with Crippen LogP contribution in [0.1, 0.15) is 45.6 Å². The van der Waals surface area contributed by atoms with Gasteiger partial charge in [-0.15, -0.1) is 0 Å². The molecule has 13 heteroatoms. The number of alkyl halides is 3. The van der Waals surface area contributed by atoms with E-state index in [-0.39, 0.29) is 42.8 Å². The second-order valence-electron chi connectivity index (χ2n) is 9.14. The molecule has 1 atom stereocenters. The normalized spacial score (nSPS) is 17.6. The van der Waals surface area contributed by atoms with Crippen LogP contribution in [0.25, 0.3) is 0 Å². The summed E-state index contributed by atoms with van der Waals surface area (Å²) in [5, 5.41) is 21.8. The van der Waals surface area contributed by atoms with E-state index in [1.807, 2.05) is 17.3 Å². The molecule has 37 heavy (non-hydrogen) atoms. The van der Waals surface area contributed by atoms with E-state index in [0.717, 1.165) is 29.7 Å². The summed E-state index contributed by atoms with van der Waals surface area (Å²) in [6, 6.07) is 3.76. The monoisotopic (exact) mass is 522 g/mol. The van der Waals surface area contributed by atoms with Crippen LogP contribution in [0.4, 0.5) is 13.2 Å². The van der Waals surface area contributed by atoms with Gasteiger partial charge in [-0.2, -0.15) is 13.2 Å². The van der Waals surface area contributed by atoms with E-state index >= 15 is 0 Å². The Morgan fingerprint density at radius 1 is 1.14 bits per heavy atom. The van der Waals surface area contributed by atoms with E-state index < -0.39 is 47.0 Å². The Labute approximate surface area is 208 Å². The molecule has 0 saturated carbocycles. The minimum Gasteiger partial charge on any atom is -0.506 e. The molecule has 4 rings (SSSR count). The fraction of sp³-hybridized carbons (Fsp3) is 0.417. The number of nitrogens with one attached hydrogen (secondary N) is 1. The second kappa shape index (κ2) is 9.88. The van der Waals surface area contributed by atoms with Crippen molar-refractivity contribution in [2.75, 3.05) is 20.1 Å². The first-order valence-electron chi connectivity index (χ1n) is 11.5. The summed E-state index contributed by atoms with van der Waals surface area (Å²) < 4.78 is 40.0. The number of pyridine rings is 1. The summed E-state index contributed by atoms with van der Waals surface area (Å²) in [5.74, 6) is -3.34. The van der Waals surface area contributed by atoms with Crippen LogP contribution >= 0.6 is 0 Å². The molecule has 0 radical (unpaired) electrons. The molecule has 2 aromatic rings. The summed E-state index contributed by atoms with van der Waals surface area (Å²) in [6.45, 7) is -0.415. The predicted octanol–water partition coefficient (Wildman–Crippen LogP) is 1.37. The molecule has 3 N–H and O–H groups in total. The molecule has 0 bridgehead atoms. The largest absolute Gasteiger partial charge is 0.506 e. The van der Waals surface area contributed by atoms with Crippen molar-refractivity contribution >= 4 is 17.8 Å². The lowest BCUT2D eigenvalue weighted by Gasteiger charge is -2.24. The van der Waals surface area contributed by atoms with Crippen LogP contribution in [0, 0.1) is 0 Å². The fourth-order valence-corrected chi connectivity index (χ4v) is 4.77. The molecule has 1 aromatic heterocycles. The van der Waals surface area contributed by atoms with Gasteiger partial charge in [0, 0.05) is 11.3 Å². The highest BCUT2D eigenvalue weighted by molar-refractivity contribution is 5.98. The third kappa shape index (κ3) is 5.17. The summed E-state index contributed by atoms with van der Waals surface area (Å²) in [6.07, 6.45) is -3.06. The van der Waals surface area contributed by atoms with Gasteiger partial charge in [0.05, 0.1) is 31.2 Å². The average Bonchev–Trinajstić information content (AvgIpc) is 3.47. The van der Waals surface area contributed by atoms with Crippen LogP contribution in [-0.2, 0) is 35.4 Å². The first-order valence-corrected chi connectivity index (χ1v) is 11.5. The molecule has 3 heterocycles. The van der Waals surface area contributed by atoms with E-state index in [4.69, 9.17) is 5.11 Å². The van der Waals surface area contributed by atoms with Crippen molar-refractivity contribution in [1.29, 1.82) is 0 Å². The van der Waals surface area contributed by atoms with Crippen LogP contribution in [0.15, 0.2) is 29.1 Å². The summed E-state index contributed by atoms with van der Waals surface area (Å²) in [5.41, 5.74) is -1.79. The lowest BCUT2D eigenvalue weighted by Crippen LogP contribution is -2.42. The fourth-order valence-electron chi connectivity index (χ4n) is 4.77. The zero-order chi connectivity index (χ0) is 27.1. The Balaban J connectivity index is 1.74. The van der Waals surface area contributed by atoms with E-state index in [1.165, 1.54) is 17.0 Å². The van der Waals surface area contributed by atoms with Crippen LogP contribution in [-0.4, -0.2) is 68.5 Å². The smallest absolute Gasteiger partial charge is 0.416 e. The summed E-state index contributed by atoms with van der Waals surface area (Å²) in [4.78, 5) is 53.4. The number of hydrogen-bond acceptors (Lipinski definition) is 6. The van der Waals surface area contributed by atoms with Crippen molar-refractivity contribution in [2.24, 2.45) is 0 Å². The zero-order valence-corrected chi connectivity index (χ0v) is 19.8. The van der Waals surface area contributed by atoms with Gasteiger partial charge >= 0.3 is 12.1 Å². The maximum Gasteiger partial charge on any atom is 0.416 e. The molecule has 198 valence electrons. The van der Waals surface area contributed by atoms with Gasteiger partial charge in [0.25, 0.3) is 11.5 Å². The van der Waals surface area contributed by atoms with Crippen molar-refractivity contribution in [1.82, 2.24) is 19.7 Å². The first-order chi connectivity index (χ1) is 17.4. The molecule has 2 aliphatic heterocycles. The molecule has 0 unspecified atom stereocenters. The van der Waals surface area contributed by atoms with Gasteiger partial charge in [-0.3, -0.25) is 24.1 Å². The van der Waals surface area contributed by atoms with Gasteiger partial charge in [0.1, 0.15) is 17.9 Å². The number of hydrogen-bond donors (Lipinski definition) is 3. The van der Waals surface area contributed by atoms with Gasteiger partial charge in [-0.1, -0.05) is 12.1 Å². The number of rotatable bonds is 6. The van der Waals surface area contributed by atoms with Crippen molar-refractivity contribution in [3.63, 3.8) is 0 Å². The van der Waals surface area contributed by atoms with Gasteiger partial charge in [-0.05, 0) is 44.1 Å². The number of halogens is 3. The minimum absolute atomic E-state index is 0.0427. The van der Waals surface area contributed by atoms with Crippen molar-refractivity contribution in [3.05, 3.63) is 62.6 Å². The van der Waals surface area contributed by atoms with E-state index in [2.05, 4.69) is 0 Å². The number of amides is 2. The maximum absolute atomic E-state index is 13.4. The van der Waals surface area contributed by atoms with Gasteiger partial charge in [0.15, 0.2) is 0 Å². The number of aliphatic carboxylic acids is 1. The lowest BCUT2D eigenvalue weighted by atomic mass is 10.1. The van der Waals surface area contributed by atoms with Crippen molar-refractivity contribution < 1.29 is 37.8 Å². The minimum atomic E-state index is -4.54. The number of aromatic hydroxyl groups is 1. The molecular weight excluding hydrogens is 497 g/mol. The number of fused-ring (bicyclic) bond motifs is 1. The summed E-state index contributed by atoms with van der Waals surface area (Å²) >= 11 is 0. The number of nitrogens with zero attached hydrogens (tertiary/aromatic N) is 3. The molecule has 1 fully saturated rings. The van der Waals surface area contributed by atoms with Crippen molar-refractivity contribution in [3.8, 4) is 5.75 Å². The molecule has 1 aromatic carbocycles. The molecule has 10 nitrogen and oxygen atoms in total. The molecule has 1 saturated heterocycles. The number of carbonyl (C=O) groups is 3. The number of carbonyl (C=O) groups excluding carboxylic acids is 2. The highest BCUT2D eigenvalue weighted by Crippen LogP contribution is 2.34. The number of likely N-dealkylation sites (N-methyl/N-ethyl adjacent to an activating group) is 1. The predicted molar refractivity (Wildman–Crippen MR) is 123 cm³/mol. The van der Waals surface area contributed by atoms with Crippen molar-refractivity contribution in [2.45, 2.75) is 44.7 Å². The topological polar surface area (TPSA) is 132 Å². The summed E-state index contributed by atoms with van der Waals surface area (Å²) in [7, 11) is 1.82. The van der Waals surface area contributed by atoms with Gasteiger partial charge in [-0.25, -0.2) is 0 Å². The third-order valence-electron chi connectivity index (χ3n) is 6.71. The molecule has 2 aliphatic rings. The molecule has 0 aliphatic carbocycles. The number of aromatic nitrogens is 1. The van der Waals surface area contributed by atoms with Crippen LogP contribution in [0.2, 0.25) is 0 Å². The number of carboxylic acid groups (broad SMARTS) is 1. The van der Waals surface area contributed by atoms with E-state index in [0.29, 0.717) is 12.0 Å². The average molecular weight is 522 g/mol.